The number of carboxylic acid groups (broad SMARTS) is 1. The maximum Gasteiger partial charge on any atom is 2.00 e. The van der Waals surface area contributed by atoms with Crippen LogP contribution in [0.5, 0.6) is 0 Å². The summed E-state index contributed by atoms with van der Waals surface area (Å²) in [6, 6.07) is 8.74. The molecule has 0 aliphatic carbocycles. The van der Waals surface area contributed by atoms with E-state index < -0.39 is 5.97 Å². The average molecular weight is 199 g/mol. The molecule has 0 radical (unpaired) electrons. The van der Waals surface area contributed by atoms with Crippen LogP contribution >= 0.6 is 0 Å². The minimum absolute atomic E-state index is 0. The van der Waals surface area contributed by atoms with E-state index >= 15 is 0 Å². The molecule has 0 fully saturated rings. The Bertz CT molecular complexity index is 474. The number of carboxylic acids is 1. The number of rotatable bonds is 1. The van der Waals surface area contributed by atoms with Crippen molar-refractivity contribution in [3.05, 3.63) is 42.1 Å². The Balaban J connectivity index is 0. The van der Waals surface area contributed by atoms with Crippen molar-refractivity contribution in [2.45, 2.75) is 0 Å². The first-order valence-electron chi connectivity index (χ1n) is 3.86. The molecule has 0 spiro atoms. The number of fused-ring (bicyclic) bond motifs is 1. The molecule has 2 rings (SSSR count). The summed E-state index contributed by atoms with van der Waals surface area (Å²) in [7, 11) is 0. The molecule has 1 N–H and O–H groups in total. The molecule has 0 aliphatic rings. The Morgan fingerprint density at radius 2 is 2.00 bits per heavy atom. The van der Waals surface area contributed by atoms with Crippen molar-refractivity contribution >= 4 is 39.9 Å². The van der Waals surface area contributed by atoms with Crippen LogP contribution in [-0.2, 0) is 0 Å². The number of nitrogens with zero attached hydrogens (tertiary/aromatic N) is 1. The Morgan fingerprint density at radius 1 is 1.29 bits per heavy atom. The van der Waals surface area contributed by atoms with E-state index in [9.17, 15) is 4.79 Å². The van der Waals surface area contributed by atoms with E-state index in [1.807, 2.05) is 12.1 Å². The van der Waals surface area contributed by atoms with Gasteiger partial charge < -0.3 is 7.96 Å². The van der Waals surface area contributed by atoms with Crippen LogP contribution in [0.1, 0.15) is 13.2 Å². The molecule has 0 saturated carbocycles. The molecule has 2 aromatic rings. The van der Waals surface area contributed by atoms with E-state index in [-0.39, 0.29) is 31.5 Å². The van der Waals surface area contributed by atoms with E-state index in [1.54, 1.807) is 24.4 Å². The maximum atomic E-state index is 10.8. The van der Waals surface area contributed by atoms with E-state index in [1.165, 1.54) is 0 Å². The molecule has 0 atom stereocenters. The molecular formula is C10H9MgNO2. The zero-order valence-electron chi connectivity index (χ0n) is 9.47. The summed E-state index contributed by atoms with van der Waals surface area (Å²) in [5.74, 6) is -0.940. The summed E-state index contributed by atoms with van der Waals surface area (Å²) in [5.41, 5.74) is 0.788. The second kappa shape index (κ2) is 4.39. The van der Waals surface area contributed by atoms with Crippen LogP contribution in [0.2, 0.25) is 0 Å². The summed E-state index contributed by atoms with van der Waals surface area (Å²) >= 11 is 0. The summed E-state index contributed by atoms with van der Waals surface area (Å²) in [6.07, 6.45) is 1.59. The van der Waals surface area contributed by atoms with E-state index in [0.29, 0.717) is 5.52 Å². The minimum atomic E-state index is -0.940. The van der Waals surface area contributed by atoms with Crippen molar-refractivity contribution in [1.29, 1.82) is 0 Å². The summed E-state index contributed by atoms with van der Waals surface area (Å²) < 4.78 is 0. The largest absolute Gasteiger partial charge is 2.00 e. The topological polar surface area (TPSA) is 50.2 Å². The first kappa shape index (κ1) is 10.9. The summed E-state index contributed by atoms with van der Waals surface area (Å²) in [5, 5.41) is 9.69. The molecule has 0 saturated heterocycles. The first-order valence-corrected chi connectivity index (χ1v) is 3.86. The predicted molar refractivity (Wildman–Crippen MR) is 56.7 cm³/mol. The van der Waals surface area contributed by atoms with Gasteiger partial charge in [0.05, 0.1) is 11.1 Å². The summed E-state index contributed by atoms with van der Waals surface area (Å²) in [4.78, 5) is 14.8. The molecule has 1 aromatic heterocycles. The normalized spacial score (nSPS) is 9.43. The molecule has 1 heterocycles. The molecule has 0 amide bonds. The van der Waals surface area contributed by atoms with Crippen molar-refractivity contribution < 1.29 is 12.8 Å². The number of benzene rings is 1. The van der Waals surface area contributed by atoms with Gasteiger partial charge in [0.25, 0.3) is 0 Å². The van der Waals surface area contributed by atoms with E-state index in [2.05, 4.69) is 4.98 Å². The van der Waals surface area contributed by atoms with Gasteiger partial charge in [-0.3, -0.25) is 4.98 Å². The Morgan fingerprint density at radius 3 is 2.71 bits per heavy atom. The third-order valence-electron chi connectivity index (χ3n) is 1.86. The van der Waals surface area contributed by atoms with Crippen LogP contribution in [0, 0.1) is 0 Å². The number of hydrogen-bond acceptors (Lipinski definition) is 2. The predicted octanol–water partition coefficient (Wildman–Crippen LogP) is 1.78. The van der Waals surface area contributed by atoms with Crippen LogP contribution in [0.15, 0.2) is 36.5 Å². The molecule has 0 aliphatic heterocycles. The second-order valence-corrected chi connectivity index (χ2v) is 2.69. The molecule has 14 heavy (non-hydrogen) atoms. The molecule has 1 aromatic carbocycles. The fraction of sp³-hybridized carbons (Fsp3) is 0. The van der Waals surface area contributed by atoms with Crippen molar-refractivity contribution in [1.82, 2.24) is 4.98 Å². The Hall–Kier alpha value is -1.13. The zero-order valence-corrected chi connectivity index (χ0v) is 8.89. The van der Waals surface area contributed by atoms with Gasteiger partial charge in [-0.05, 0) is 12.1 Å². The number of aromatic carboxylic acids is 1. The smallest absolute Gasteiger partial charge is 1.00 e. The summed E-state index contributed by atoms with van der Waals surface area (Å²) in [6.45, 7) is 0. The number of hydrogen-bond donors (Lipinski definition) is 1. The van der Waals surface area contributed by atoms with Gasteiger partial charge in [0.15, 0.2) is 0 Å². The third-order valence-corrected chi connectivity index (χ3v) is 1.86. The quantitative estimate of drug-likeness (QED) is 0.712. The van der Waals surface area contributed by atoms with Gasteiger partial charge in [-0.25, -0.2) is 4.79 Å². The van der Waals surface area contributed by atoms with Crippen LogP contribution in [-0.4, -0.2) is 39.1 Å². The van der Waals surface area contributed by atoms with E-state index in [4.69, 9.17) is 5.11 Å². The molecule has 4 heteroatoms. The van der Waals surface area contributed by atoms with Gasteiger partial charge in [-0.2, -0.15) is 0 Å². The van der Waals surface area contributed by atoms with Gasteiger partial charge in [0.1, 0.15) is 0 Å². The third kappa shape index (κ3) is 1.86. The molecule has 0 bridgehead atoms. The Labute approximate surface area is 99.9 Å². The first-order chi connectivity index (χ1) is 6.29. The van der Waals surface area contributed by atoms with Crippen molar-refractivity contribution in [2.24, 2.45) is 0 Å². The molecule has 3 nitrogen and oxygen atoms in total. The number of pyridine rings is 1. The number of para-hydroxylation sites is 1. The second-order valence-electron chi connectivity index (χ2n) is 2.69. The average Bonchev–Trinajstić information content (AvgIpc) is 2.17. The van der Waals surface area contributed by atoms with Gasteiger partial charge in [0.2, 0.25) is 0 Å². The maximum absolute atomic E-state index is 10.8. The standard InChI is InChI=1S/C10H7NO2.Mg.2H/c12-10(13)8-5-1-3-7-4-2-6-11-9(7)8;;;/h1-6H,(H,12,13);;;/q;+2;2*-1. The van der Waals surface area contributed by atoms with Crippen LogP contribution in [0.3, 0.4) is 0 Å². The van der Waals surface area contributed by atoms with Gasteiger partial charge >= 0.3 is 29.0 Å². The van der Waals surface area contributed by atoms with Gasteiger partial charge in [0, 0.05) is 11.6 Å². The molecular weight excluding hydrogens is 190 g/mol. The van der Waals surface area contributed by atoms with Crippen LogP contribution < -0.4 is 0 Å². The minimum Gasteiger partial charge on any atom is -1.00 e. The van der Waals surface area contributed by atoms with Crippen molar-refractivity contribution in [3.63, 3.8) is 0 Å². The van der Waals surface area contributed by atoms with E-state index in [0.717, 1.165) is 5.39 Å². The van der Waals surface area contributed by atoms with Crippen LogP contribution in [0.4, 0.5) is 0 Å². The number of carbonyl (C=O) groups is 1. The van der Waals surface area contributed by atoms with Crippen molar-refractivity contribution in [3.8, 4) is 0 Å². The monoisotopic (exact) mass is 199 g/mol. The van der Waals surface area contributed by atoms with Gasteiger partial charge in [-0.15, -0.1) is 0 Å². The van der Waals surface area contributed by atoms with Gasteiger partial charge in [-0.1, -0.05) is 18.2 Å². The SMILES string of the molecule is O=C(O)c1cccc2cccnc12.[H-].[H-].[Mg+2]. The fourth-order valence-corrected chi connectivity index (χ4v) is 1.28. The Kier molecular flexibility index (Phi) is 3.43. The zero-order chi connectivity index (χ0) is 9.26. The molecule has 0 unspecified atom stereocenters. The number of aromatic nitrogens is 1. The van der Waals surface area contributed by atoms with Crippen molar-refractivity contribution in [2.75, 3.05) is 0 Å². The van der Waals surface area contributed by atoms with Crippen LogP contribution in [0.25, 0.3) is 10.9 Å². The molecule has 68 valence electrons. The fourth-order valence-electron chi connectivity index (χ4n) is 1.28.